The van der Waals surface area contributed by atoms with Gasteiger partial charge in [0.05, 0.1) is 18.1 Å². The molecule has 0 radical (unpaired) electrons. The van der Waals surface area contributed by atoms with E-state index >= 15 is 0 Å². The Balaban J connectivity index is 1.30. The third-order valence-electron chi connectivity index (χ3n) is 5.21. The molecule has 26 heavy (non-hydrogen) atoms. The predicted molar refractivity (Wildman–Crippen MR) is 105 cm³/mol. The summed E-state index contributed by atoms with van der Waals surface area (Å²) in [5, 5.41) is 3.07. The molecule has 1 aromatic heterocycles. The van der Waals surface area contributed by atoms with Gasteiger partial charge in [0.15, 0.2) is 0 Å². The van der Waals surface area contributed by atoms with E-state index in [1.165, 1.54) is 28.8 Å². The molecular formula is C21H26N2O2S. The maximum absolute atomic E-state index is 12.4. The molecule has 0 bridgehead atoms. The highest BCUT2D eigenvalue weighted by atomic mass is 32.1. The molecule has 2 heterocycles. The minimum absolute atomic E-state index is 0.0572. The standard InChI is InChI=1S/C21H26N2O2S/c24-21(20-13-18-3-1-2-4-19(18)26-20)22-14-16-5-7-17(8-6-16)15-23-9-11-25-12-10-23/h5-8,13H,1-4,9-12,14-15H2,(H,22,24). The van der Waals surface area contributed by atoms with E-state index in [2.05, 4.69) is 40.5 Å². The van der Waals surface area contributed by atoms with Crippen molar-refractivity contribution in [2.45, 2.75) is 38.8 Å². The summed E-state index contributed by atoms with van der Waals surface area (Å²) in [4.78, 5) is 17.1. The van der Waals surface area contributed by atoms with Crippen LogP contribution in [0.2, 0.25) is 0 Å². The van der Waals surface area contributed by atoms with Gasteiger partial charge in [-0.1, -0.05) is 24.3 Å². The Kier molecular flexibility index (Phi) is 5.68. The Morgan fingerprint density at radius 3 is 2.58 bits per heavy atom. The quantitative estimate of drug-likeness (QED) is 0.877. The number of carbonyl (C=O) groups excluding carboxylic acids is 1. The summed E-state index contributed by atoms with van der Waals surface area (Å²) < 4.78 is 5.39. The molecule has 1 aromatic carbocycles. The fraction of sp³-hybridized carbons (Fsp3) is 0.476. The molecule has 2 aliphatic rings. The number of morpholine rings is 1. The number of hydrogen-bond donors (Lipinski definition) is 1. The van der Waals surface area contributed by atoms with Crippen molar-refractivity contribution in [3.63, 3.8) is 0 Å². The zero-order valence-corrected chi connectivity index (χ0v) is 15.9. The molecule has 4 nitrogen and oxygen atoms in total. The first-order valence-electron chi connectivity index (χ1n) is 9.55. The fourth-order valence-corrected chi connectivity index (χ4v) is 4.82. The van der Waals surface area contributed by atoms with Crippen LogP contribution in [0.15, 0.2) is 30.3 Å². The van der Waals surface area contributed by atoms with Crippen molar-refractivity contribution in [2.24, 2.45) is 0 Å². The molecule has 5 heteroatoms. The number of nitrogens with zero attached hydrogens (tertiary/aromatic N) is 1. The molecule has 1 aliphatic heterocycles. The molecule has 1 N–H and O–H groups in total. The summed E-state index contributed by atoms with van der Waals surface area (Å²) in [6.07, 6.45) is 4.77. The van der Waals surface area contributed by atoms with Crippen molar-refractivity contribution < 1.29 is 9.53 Å². The second-order valence-corrected chi connectivity index (χ2v) is 8.29. The van der Waals surface area contributed by atoms with E-state index in [0.717, 1.165) is 56.1 Å². The smallest absolute Gasteiger partial charge is 0.261 e. The largest absolute Gasteiger partial charge is 0.379 e. The van der Waals surface area contributed by atoms with E-state index in [1.54, 1.807) is 11.3 Å². The Morgan fingerprint density at radius 2 is 1.81 bits per heavy atom. The molecule has 2 aromatic rings. The number of benzene rings is 1. The summed E-state index contributed by atoms with van der Waals surface area (Å²) in [5.41, 5.74) is 3.84. The van der Waals surface area contributed by atoms with E-state index in [1.807, 2.05) is 0 Å². The second-order valence-electron chi connectivity index (χ2n) is 7.15. The second kappa shape index (κ2) is 8.33. The van der Waals surface area contributed by atoms with E-state index in [4.69, 9.17) is 4.74 Å². The SMILES string of the molecule is O=C(NCc1ccc(CN2CCOCC2)cc1)c1cc2c(s1)CCCC2. The van der Waals surface area contributed by atoms with Gasteiger partial charge < -0.3 is 10.1 Å². The molecule has 0 spiro atoms. The van der Waals surface area contributed by atoms with Crippen LogP contribution in [0.5, 0.6) is 0 Å². The van der Waals surface area contributed by atoms with Gasteiger partial charge in [0, 0.05) is 31.1 Å². The highest BCUT2D eigenvalue weighted by Crippen LogP contribution is 2.29. The van der Waals surface area contributed by atoms with Crippen LogP contribution in [0.25, 0.3) is 0 Å². The lowest BCUT2D eigenvalue weighted by Gasteiger charge is -2.26. The van der Waals surface area contributed by atoms with Gasteiger partial charge in [0.2, 0.25) is 0 Å². The van der Waals surface area contributed by atoms with Crippen LogP contribution < -0.4 is 5.32 Å². The number of hydrogen-bond acceptors (Lipinski definition) is 4. The van der Waals surface area contributed by atoms with Crippen LogP contribution in [0, 0.1) is 0 Å². The minimum atomic E-state index is 0.0572. The lowest BCUT2D eigenvalue weighted by Crippen LogP contribution is -2.35. The van der Waals surface area contributed by atoms with Gasteiger partial charge in [-0.05, 0) is 48.4 Å². The van der Waals surface area contributed by atoms with Gasteiger partial charge >= 0.3 is 0 Å². The molecule has 4 rings (SSSR count). The minimum Gasteiger partial charge on any atom is -0.379 e. The van der Waals surface area contributed by atoms with Gasteiger partial charge in [-0.2, -0.15) is 0 Å². The van der Waals surface area contributed by atoms with E-state index in [0.29, 0.717) is 6.54 Å². The maximum atomic E-state index is 12.4. The molecular weight excluding hydrogens is 344 g/mol. The van der Waals surface area contributed by atoms with E-state index in [-0.39, 0.29) is 5.91 Å². The highest BCUT2D eigenvalue weighted by Gasteiger charge is 2.17. The first-order valence-corrected chi connectivity index (χ1v) is 10.4. The topological polar surface area (TPSA) is 41.6 Å². The average molecular weight is 371 g/mol. The van der Waals surface area contributed by atoms with Crippen LogP contribution in [-0.2, 0) is 30.7 Å². The van der Waals surface area contributed by atoms with Crippen LogP contribution in [0.3, 0.4) is 0 Å². The van der Waals surface area contributed by atoms with E-state index in [9.17, 15) is 4.79 Å². The lowest BCUT2D eigenvalue weighted by atomic mass is 9.99. The normalized spacial score (nSPS) is 17.7. The lowest BCUT2D eigenvalue weighted by molar-refractivity contribution is 0.0342. The zero-order valence-electron chi connectivity index (χ0n) is 15.1. The van der Waals surface area contributed by atoms with Crippen molar-refractivity contribution in [2.75, 3.05) is 26.3 Å². The molecule has 0 saturated carbocycles. The third-order valence-corrected chi connectivity index (χ3v) is 6.44. The molecule has 1 aliphatic carbocycles. The Morgan fingerprint density at radius 1 is 1.08 bits per heavy atom. The van der Waals surface area contributed by atoms with Crippen molar-refractivity contribution in [1.29, 1.82) is 0 Å². The summed E-state index contributed by atoms with van der Waals surface area (Å²) in [6, 6.07) is 10.7. The Labute approximate surface area is 159 Å². The number of aryl methyl sites for hydroxylation is 2. The summed E-state index contributed by atoms with van der Waals surface area (Å²) in [6.45, 7) is 5.22. The van der Waals surface area contributed by atoms with E-state index < -0.39 is 0 Å². The van der Waals surface area contributed by atoms with Crippen molar-refractivity contribution in [3.05, 3.63) is 56.8 Å². The molecule has 0 unspecified atom stereocenters. The highest BCUT2D eigenvalue weighted by molar-refractivity contribution is 7.14. The fourth-order valence-electron chi connectivity index (χ4n) is 3.65. The summed E-state index contributed by atoms with van der Waals surface area (Å²) >= 11 is 1.67. The molecule has 0 atom stereocenters. The van der Waals surface area contributed by atoms with Crippen molar-refractivity contribution >= 4 is 17.2 Å². The Hall–Kier alpha value is -1.69. The van der Waals surface area contributed by atoms with Gasteiger partial charge in [-0.25, -0.2) is 0 Å². The number of fused-ring (bicyclic) bond motifs is 1. The summed E-state index contributed by atoms with van der Waals surface area (Å²) in [7, 11) is 0. The molecule has 1 fully saturated rings. The number of thiophene rings is 1. The number of nitrogens with one attached hydrogen (secondary N) is 1. The van der Waals surface area contributed by atoms with Gasteiger partial charge in [0.25, 0.3) is 5.91 Å². The van der Waals surface area contributed by atoms with Gasteiger partial charge in [-0.15, -0.1) is 11.3 Å². The third kappa shape index (κ3) is 4.34. The van der Waals surface area contributed by atoms with Crippen LogP contribution in [-0.4, -0.2) is 37.1 Å². The Bertz CT molecular complexity index is 724. The first-order chi connectivity index (χ1) is 12.8. The molecule has 1 saturated heterocycles. The predicted octanol–water partition coefficient (Wildman–Crippen LogP) is 3.39. The zero-order chi connectivity index (χ0) is 17.8. The van der Waals surface area contributed by atoms with Crippen LogP contribution in [0.1, 0.15) is 44.1 Å². The maximum Gasteiger partial charge on any atom is 0.261 e. The monoisotopic (exact) mass is 370 g/mol. The molecule has 1 amide bonds. The number of carbonyl (C=O) groups is 1. The first kappa shape index (κ1) is 17.7. The van der Waals surface area contributed by atoms with Gasteiger partial charge in [-0.3, -0.25) is 9.69 Å². The van der Waals surface area contributed by atoms with Crippen molar-refractivity contribution in [1.82, 2.24) is 10.2 Å². The van der Waals surface area contributed by atoms with Crippen LogP contribution >= 0.6 is 11.3 Å². The molecule has 138 valence electrons. The average Bonchev–Trinajstić information content (AvgIpc) is 3.12. The summed E-state index contributed by atoms with van der Waals surface area (Å²) in [5.74, 6) is 0.0572. The number of amides is 1. The van der Waals surface area contributed by atoms with Gasteiger partial charge in [0.1, 0.15) is 0 Å². The van der Waals surface area contributed by atoms with Crippen molar-refractivity contribution in [3.8, 4) is 0 Å². The number of rotatable bonds is 5. The number of ether oxygens (including phenoxy) is 1. The van der Waals surface area contributed by atoms with Crippen LogP contribution in [0.4, 0.5) is 0 Å².